The summed E-state index contributed by atoms with van der Waals surface area (Å²) in [5.41, 5.74) is 1.04. The van der Waals surface area contributed by atoms with E-state index < -0.39 is 0 Å². The molecule has 3 rings (SSSR count). The molecule has 0 aliphatic carbocycles. The Morgan fingerprint density at radius 1 is 1.11 bits per heavy atom. The van der Waals surface area contributed by atoms with E-state index >= 15 is 0 Å². The van der Waals surface area contributed by atoms with E-state index in [4.69, 9.17) is 5.26 Å². The fourth-order valence-electron chi connectivity index (χ4n) is 2.26. The van der Waals surface area contributed by atoms with Crippen LogP contribution in [0.5, 0.6) is 0 Å². The Kier molecular flexibility index (Phi) is 3.02. The Hall–Kier alpha value is -2.18. The fraction of sp³-hybridized carbons (Fsp3) is 0. The molecule has 3 heteroatoms. The molecular formula is C16H9BrN2. The molecule has 0 bridgehead atoms. The van der Waals surface area contributed by atoms with E-state index in [-0.39, 0.29) is 0 Å². The minimum absolute atomic E-state index is 1.03. The summed E-state index contributed by atoms with van der Waals surface area (Å²) >= 11 is 3.50. The van der Waals surface area contributed by atoms with Crippen molar-refractivity contribution < 1.29 is 0 Å². The standard InChI is InChI=1S/C16H9BrN2/c17-13-3-4-14-11(2-1-6-18)8-12-5-7-19-10-16(12)15(14)9-13/h1-5,7-10H/b2-1+. The lowest BCUT2D eigenvalue weighted by atomic mass is 9.98. The summed E-state index contributed by atoms with van der Waals surface area (Å²) < 4.78 is 1.03. The molecule has 0 saturated heterocycles. The van der Waals surface area contributed by atoms with Gasteiger partial charge in [-0.1, -0.05) is 22.0 Å². The molecule has 0 aliphatic heterocycles. The summed E-state index contributed by atoms with van der Waals surface area (Å²) in [5.74, 6) is 0. The van der Waals surface area contributed by atoms with Gasteiger partial charge in [-0.25, -0.2) is 0 Å². The average molecular weight is 309 g/mol. The Balaban J connectivity index is 2.48. The van der Waals surface area contributed by atoms with Gasteiger partial charge in [-0.2, -0.15) is 5.26 Å². The molecule has 1 heterocycles. The van der Waals surface area contributed by atoms with Crippen LogP contribution in [0.3, 0.4) is 0 Å². The maximum Gasteiger partial charge on any atom is 0.0912 e. The van der Waals surface area contributed by atoms with Crippen LogP contribution in [0.15, 0.2) is 53.3 Å². The Morgan fingerprint density at radius 2 is 2.00 bits per heavy atom. The van der Waals surface area contributed by atoms with Crippen LogP contribution in [0.4, 0.5) is 0 Å². The first-order valence-corrected chi connectivity index (χ1v) is 6.61. The van der Waals surface area contributed by atoms with Crippen LogP contribution < -0.4 is 0 Å². The third-order valence-corrected chi connectivity index (χ3v) is 3.58. The lowest BCUT2D eigenvalue weighted by molar-refractivity contribution is 1.37. The van der Waals surface area contributed by atoms with Gasteiger partial charge in [0, 0.05) is 28.3 Å². The summed E-state index contributed by atoms with van der Waals surface area (Å²) in [6, 6.07) is 12.3. The number of hydrogen-bond donors (Lipinski definition) is 0. The Morgan fingerprint density at radius 3 is 2.84 bits per heavy atom. The van der Waals surface area contributed by atoms with Gasteiger partial charge in [-0.15, -0.1) is 0 Å². The molecule has 90 valence electrons. The van der Waals surface area contributed by atoms with Gasteiger partial charge >= 0.3 is 0 Å². The number of aromatic nitrogens is 1. The van der Waals surface area contributed by atoms with Gasteiger partial charge < -0.3 is 0 Å². The zero-order valence-electron chi connectivity index (χ0n) is 9.97. The van der Waals surface area contributed by atoms with Crippen molar-refractivity contribution in [1.82, 2.24) is 4.98 Å². The minimum atomic E-state index is 1.03. The third-order valence-electron chi connectivity index (χ3n) is 3.09. The van der Waals surface area contributed by atoms with Crippen LogP contribution in [0.1, 0.15) is 5.56 Å². The van der Waals surface area contributed by atoms with Crippen LogP contribution >= 0.6 is 15.9 Å². The number of nitriles is 1. The second kappa shape index (κ2) is 4.83. The van der Waals surface area contributed by atoms with E-state index in [2.05, 4.69) is 39.1 Å². The van der Waals surface area contributed by atoms with Gasteiger partial charge in [0.05, 0.1) is 6.07 Å². The number of halogens is 1. The van der Waals surface area contributed by atoms with E-state index in [0.29, 0.717) is 0 Å². The normalized spacial score (nSPS) is 11.2. The predicted octanol–water partition coefficient (Wildman–Crippen LogP) is 4.69. The van der Waals surface area contributed by atoms with Crippen LogP contribution in [0, 0.1) is 11.3 Å². The lowest BCUT2D eigenvalue weighted by Gasteiger charge is -2.07. The van der Waals surface area contributed by atoms with Gasteiger partial charge in [0.25, 0.3) is 0 Å². The second-order valence-corrected chi connectivity index (χ2v) is 5.13. The minimum Gasteiger partial charge on any atom is -0.264 e. The summed E-state index contributed by atoms with van der Waals surface area (Å²) in [7, 11) is 0. The van der Waals surface area contributed by atoms with Crippen LogP contribution in [0.2, 0.25) is 0 Å². The first kappa shape index (κ1) is 11.9. The predicted molar refractivity (Wildman–Crippen MR) is 81.6 cm³/mol. The fourth-order valence-corrected chi connectivity index (χ4v) is 2.62. The molecule has 0 fully saturated rings. The molecule has 0 N–H and O–H groups in total. The molecule has 2 nitrogen and oxygen atoms in total. The van der Waals surface area contributed by atoms with Crippen molar-refractivity contribution in [3.05, 3.63) is 58.8 Å². The van der Waals surface area contributed by atoms with E-state index in [1.807, 2.05) is 30.5 Å². The number of allylic oxidation sites excluding steroid dienone is 1. The molecule has 3 aromatic rings. The molecule has 0 unspecified atom stereocenters. The maximum atomic E-state index is 8.70. The van der Waals surface area contributed by atoms with Crippen molar-refractivity contribution in [2.75, 3.05) is 0 Å². The highest BCUT2D eigenvalue weighted by Crippen LogP contribution is 2.31. The number of benzene rings is 2. The van der Waals surface area contributed by atoms with E-state index in [9.17, 15) is 0 Å². The summed E-state index contributed by atoms with van der Waals surface area (Å²) in [5, 5.41) is 13.2. The van der Waals surface area contributed by atoms with Gasteiger partial charge in [-0.3, -0.25) is 4.98 Å². The van der Waals surface area contributed by atoms with Gasteiger partial charge in [0.1, 0.15) is 0 Å². The van der Waals surface area contributed by atoms with Crippen molar-refractivity contribution in [3.8, 4) is 6.07 Å². The van der Waals surface area contributed by atoms with Gasteiger partial charge in [0.2, 0.25) is 0 Å². The molecule has 1 aromatic heterocycles. The maximum absolute atomic E-state index is 8.70. The largest absolute Gasteiger partial charge is 0.264 e. The molecule has 0 saturated carbocycles. The van der Waals surface area contributed by atoms with Gasteiger partial charge in [-0.05, 0) is 52.1 Å². The van der Waals surface area contributed by atoms with Crippen LogP contribution in [-0.2, 0) is 0 Å². The van der Waals surface area contributed by atoms with Crippen molar-refractivity contribution in [2.24, 2.45) is 0 Å². The number of fused-ring (bicyclic) bond motifs is 3. The topological polar surface area (TPSA) is 36.7 Å². The number of nitrogens with zero attached hydrogens (tertiary/aromatic N) is 2. The number of pyridine rings is 1. The molecular weight excluding hydrogens is 300 g/mol. The van der Waals surface area contributed by atoms with E-state index in [1.54, 1.807) is 6.20 Å². The molecule has 0 spiro atoms. The van der Waals surface area contributed by atoms with Crippen LogP contribution in [-0.4, -0.2) is 4.98 Å². The second-order valence-electron chi connectivity index (χ2n) is 4.21. The Bertz CT molecular complexity index is 844. The van der Waals surface area contributed by atoms with Gasteiger partial charge in [0.15, 0.2) is 0 Å². The van der Waals surface area contributed by atoms with E-state index in [1.165, 1.54) is 6.08 Å². The molecule has 0 radical (unpaired) electrons. The highest BCUT2D eigenvalue weighted by atomic mass is 79.9. The highest BCUT2D eigenvalue weighted by Gasteiger charge is 2.05. The first-order chi connectivity index (χ1) is 9.29. The molecule has 0 aliphatic rings. The van der Waals surface area contributed by atoms with Crippen molar-refractivity contribution in [2.45, 2.75) is 0 Å². The Labute approximate surface area is 119 Å². The monoisotopic (exact) mass is 308 g/mol. The molecule has 0 amide bonds. The molecule has 2 aromatic carbocycles. The van der Waals surface area contributed by atoms with Crippen LogP contribution in [0.25, 0.3) is 27.6 Å². The lowest BCUT2D eigenvalue weighted by Crippen LogP contribution is -1.84. The summed E-state index contributed by atoms with van der Waals surface area (Å²) in [6.07, 6.45) is 7.01. The average Bonchev–Trinajstić information content (AvgIpc) is 2.44. The van der Waals surface area contributed by atoms with Crippen molar-refractivity contribution >= 4 is 43.6 Å². The molecule has 19 heavy (non-hydrogen) atoms. The first-order valence-electron chi connectivity index (χ1n) is 5.82. The van der Waals surface area contributed by atoms with Crippen molar-refractivity contribution in [3.63, 3.8) is 0 Å². The third kappa shape index (κ3) is 2.11. The molecule has 0 atom stereocenters. The quantitative estimate of drug-likeness (QED) is 0.483. The number of hydrogen-bond acceptors (Lipinski definition) is 2. The zero-order chi connectivity index (χ0) is 13.2. The van der Waals surface area contributed by atoms with E-state index in [0.717, 1.165) is 31.6 Å². The van der Waals surface area contributed by atoms with Crippen molar-refractivity contribution in [1.29, 1.82) is 5.26 Å². The summed E-state index contributed by atoms with van der Waals surface area (Å²) in [6.45, 7) is 0. The highest BCUT2D eigenvalue weighted by molar-refractivity contribution is 9.10. The zero-order valence-corrected chi connectivity index (χ0v) is 11.6. The number of rotatable bonds is 1. The smallest absolute Gasteiger partial charge is 0.0912 e. The SMILES string of the molecule is N#C/C=C/c1cc2ccncc2c2cc(Br)ccc12. The summed E-state index contributed by atoms with van der Waals surface area (Å²) in [4.78, 5) is 4.20.